The van der Waals surface area contributed by atoms with Crippen LogP contribution in [0.5, 0.6) is 0 Å². The molecule has 0 unspecified atom stereocenters. The largest absolute Gasteiger partial charge is 0.478 e. The zero-order valence-electron chi connectivity index (χ0n) is 22.4. The fourth-order valence-electron chi connectivity index (χ4n) is 4.37. The summed E-state index contributed by atoms with van der Waals surface area (Å²) >= 11 is 0. The molecule has 2 saturated heterocycles. The third-order valence-electron chi connectivity index (χ3n) is 6.40. The van der Waals surface area contributed by atoms with Crippen LogP contribution in [0.15, 0.2) is 54.6 Å². The van der Waals surface area contributed by atoms with E-state index in [4.69, 9.17) is 28.4 Å². The quantitative estimate of drug-likeness (QED) is 0.476. The van der Waals surface area contributed by atoms with E-state index >= 15 is 0 Å². The molecule has 1 N–H and O–H groups in total. The van der Waals surface area contributed by atoms with Crippen LogP contribution in [0.4, 0.5) is 0 Å². The van der Waals surface area contributed by atoms with Gasteiger partial charge in [0.2, 0.25) is 0 Å². The van der Waals surface area contributed by atoms with Gasteiger partial charge in [-0.1, -0.05) is 48.5 Å². The number of carbonyl (C=O) groups excluding carboxylic acids is 1. The van der Waals surface area contributed by atoms with E-state index in [2.05, 4.69) is 0 Å². The van der Waals surface area contributed by atoms with Gasteiger partial charge in [0.05, 0.1) is 30.8 Å². The van der Waals surface area contributed by atoms with Crippen LogP contribution in [0.3, 0.4) is 0 Å². The zero-order chi connectivity index (χ0) is 27.5. The van der Waals surface area contributed by atoms with E-state index in [1.165, 1.54) is 6.07 Å². The molecule has 0 spiro atoms. The summed E-state index contributed by atoms with van der Waals surface area (Å²) in [7, 11) is 0. The molecule has 2 aromatic carbocycles. The Morgan fingerprint density at radius 1 is 0.974 bits per heavy atom. The van der Waals surface area contributed by atoms with E-state index in [0.29, 0.717) is 5.56 Å². The van der Waals surface area contributed by atoms with Gasteiger partial charge in [-0.2, -0.15) is 0 Å². The molecular formula is C29H36O9. The average Bonchev–Trinajstić information content (AvgIpc) is 3.40. The molecule has 0 amide bonds. The van der Waals surface area contributed by atoms with Gasteiger partial charge in [0.1, 0.15) is 18.3 Å². The van der Waals surface area contributed by atoms with E-state index in [1.54, 1.807) is 39.0 Å². The second-order valence-electron chi connectivity index (χ2n) is 11.0. The minimum absolute atomic E-state index is 0.0671. The van der Waals surface area contributed by atoms with Gasteiger partial charge in [-0.25, -0.2) is 4.79 Å². The molecule has 0 aliphatic carbocycles. The lowest BCUT2D eigenvalue weighted by Gasteiger charge is -2.28. The molecule has 4 rings (SSSR count). The molecule has 0 radical (unpaired) electrons. The maximum atomic E-state index is 13.0. The van der Waals surface area contributed by atoms with Crippen molar-refractivity contribution in [2.24, 2.45) is 5.41 Å². The standard InChI is InChI=1S/C29H36O9/c1-28(2,3)27(32)37-24-23(33-15-18-11-7-6-8-12-18)22(21-17-35-29(4,5)38-21)36-26(24)34-16-19-13-9-10-14-20(19)25(30)31/h6-14,21-24,26H,15-17H2,1-5H3,(H,30,31)/t21-,22+,23+,24-,26-/m1/s1. The summed E-state index contributed by atoms with van der Waals surface area (Å²) in [6.07, 6.45) is -3.86. The number of rotatable bonds is 9. The van der Waals surface area contributed by atoms with Crippen molar-refractivity contribution in [1.82, 2.24) is 0 Å². The average molecular weight is 529 g/mol. The number of ether oxygens (including phenoxy) is 6. The van der Waals surface area contributed by atoms with Gasteiger partial charge >= 0.3 is 11.9 Å². The number of carboxylic acid groups (broad SMARTS) is 1. The fourth-order valence-corrected chi connectivity index (χ4v) is 4.37. The van der Waals surface area contributed by atoms with Crippen molar-refractivity contribution in [1.29, 1.82) is 0 Å². The molecule has 0 aromatic heterocycles. The Balaban J connectivity index is 1.61. The first kappa shape index (κ1) is 28.2. The van der Waals surface area contributed by atoms with E-state index in [-0.39, 0.29) is 25.4 Å². The lowest BCUT2D eigenvalue weighted by atomic mass is 9.97. The van der Waals surface area contributed by atoms with Crippen molar-refractivity contribution < 1.29 is 43.1 Å². The molecule has 0 saturated carbocycles. The second kappa shape index (κ2) is 11.5. The van der Waals surface area contributed by atoms with Gasteiger partial charge in [-0.3, -0.25) is 4.79 Å². The maximum absolute atomic E-state index is 13.0. The summed E-state index contributed by atoms with van der Waals surface area (Å²) < 4.78 is 36.6. The third-order valence-corrected chi connectivity index (χ3v) is 6.40. The minimum atomic E-state index is -1.06. The third kappa shape index (κ3) is 6.78. The molecule has 2 aromatic rings. The number of benzene rings is 2. The molecule has 2 aliphatic heterocycles. The molecule has 206 valence electrons. The molecule has 5 atom stereocenters. The lowest BCUT2D eigenvalue weighted by molar-refractivity contribution is -0.206. The first-order chi connectivity index (χ1) is 17.9. The van der Waals surface area contributed by atoms with Crippen molar-refractivity contribution in [3.8, 4) is 0 Å². The SMILES string of the molecule is CC1(C)OC[C@H]([C@@H]2O[C@@H](OCc3ccccc3C(=O)O)[C@H](OC(=O)C(C)(C)C)[C@H]2OCc2ccccc2)O1. The Kier molecular flexibility index (Phi) is 8.54. The minimum Gasteiger partial charge on any atom is -0.478 e. The summed E-state index contributed by atoms with van der Waals surface area (Å²) in [6, 6.07) is 16.2. The van der Waals surface area contributed by atoms with Gasteiger partial charge in [0.15, 0.2) is 18.2 Å². The Morgan fingerprint density at radius 2 is 1.66 bits per heavy atom. The van der Waals surface area contributed by atoms with E-state index in [0.717, 1.165) is 5.56 Å². The van der Waals surface area contributed by atoms with Crippen LogP contribution in [-0.2, 0) is 46.4 Å². The second-order valence-corrected chi connectivity index (χ2v) is 11.0. The molecule has 2 fully saturated rings. The van der Waals surface area contributed by atoms with Gasteiger partial charge in [-0.05, 0) is 51.8 Å². The molecule has 9 heteroatoms. The van der Waals surface area contributed by atoms with Crippen LogP contribution >= 0.6 is 0 Å². The van der Waals surface area contributed by atoms with Crippen LogP contribution in [-0.4, -0.2) is 60.1 Å². The number of esters is 1. The van der Waals surface area contributed by atoms with Crippen LogP contribution in [0, 0.1) is 5.41 Å². The number of carbonyl (C=O) groups is 2. The summed E-state index contributed by atoms with van der Waals surface area (Å²) in [5.74, 6) is -2.31. The highest BCUT2D eigenvalue weighted by Gasteiger charge is 2.55. The number of hydrogen-bond donors (Lipinski definition) is 1. The van der Waals surface area contributed by atoms with Gasteiger partial charge in [-0.15, -0.1) is 0 Å². The first-order valence-corrected chi connectivity index (χ1v) is 12.7. The summed E-state index contributed by atoms with van der Waals surface area (Å²) in [4.78, 5) is 24.7. The van der Waals surface area contributed by atoms with Crippen molar-refractivity contribution in [2.75, 3.05) is 6.61 Å². The number of carboxylic acids is 1. The molecule has 0 bridgehead atoms. The molecule has 38 heavy (non-hydrogen) atoms. The Labute approximate surface area is 222 Å². The van der Waals surface area contributed by atoms with E-state index in [1.807, 2.05) is 44.2 Å². The van der Waals surface area contributed by atoms with Crippen LogP contribution < -0.4 is 0 Å². The van der Waals surface area contributed by atoms with Crippen molar-refractivity contribution in [3.63, 3.8) is 0 Å². The topological polar surface area (TPSA) is 110 Å². The molecule has 9 nitrogen and oxygen atoms in total. The summed E-state index contributed by atoms with van der Waals surface area (Å²) in [5, 5.41) is 9.57. The monoisotopic (exact) mass is 528 g/mol. The highest BCUT2D eigenvalue weighted by molar-refractivity contribution is 5.89. The molecular weight excluding hydrogens is 492 g/mol. The predicted octanol–water partition coefficient (Wildman–Crippen LogP) is 4.32. The maximum Gasteiger partial charge on any atom is 0.336 e. The first-order valence-electron chi connectivity index (χ1n) is 12.7. The Hall–Kier alpha value is -2.82. The molecule has 2 heterocycles. The Bertz CT molecular complexity index is 1110. The van der Waals surface area contributed by atoms with Crippen molar-refractivity contribution >= 4 is 11.9 Å². The number of hydrogen-bond acceptors (Lipinski definition) is 8. The summed E-state index contributed by atoms with van der Waals surface area (Å²) in [5.41, 5.74) is 0.751. The molecule has 2 aliphatic rings. The highest BCUT2D eigenvalue weighted by atomic mass is 16.8. The predicted molar refractivity (Wildman–Crippen MR) is 136 cm³/mol. The van der Waals surface area contributed by atoms with E-state index < -0.39 is 53.8 Å². The normalized spacial score (nSPS) is 26.8. The van der Waals surface area contributed by atoms with Crippen LogP contribution in [0.1, 0.15) is 56.1 Å². The lowest BCUT2D eigenvalue weighted by Crippen LogP contribution is -2.45. The summed E-state index contributed by atoms with van der Waals surface area (Å²) in [6.45, 7) is 9.36. The van der Waals surface area contributed by atoms with Crippen molar-refractivity contribution in [2.45, 2.75) is 84.3 Å². The van der Waals surface area contributed by atoms with Crippen LogP contribution in [0.2, 0.25) is 0 Å². The van der Waals surface area contributed by atoms with Gasteiger partial charge < -0.3 is 33.5 Å². The van der Waals surface area contributed by atoms with E-state index in [9.17, 15) is 14.7 Å². The van der Waals surface area contributed by atoms with Gasteiger partial charge in [0.25, 0.3) is 0 Å². The highest BCUT2D eigenvalue weighted by Crippen LogP contribution is 2.37. The van der Waals surface area contributed by atoms with Crippen LogP contribution in [0.25, 0.3) is 0 Å². The fraction of sp³-hybridized carbons (Fsp3) is 0.517. The smallest absolute Gasteiger partial charge is 0.336 e. The zero-order valence-corrected chi connectivity index (χ0v) is 22.4. The number of aromatic carboxylic acids is 1. The van der Waals surface area contributed by atoms with Gasteiger partial charge in [0, 0.05) is 0 Å². The van der Waals surface area contributed by atoms with Crippen molar-refractivity contribution in [3.05, 3.63) is 71.3 Å². The Morgan fingerprint density at radius 3 is 2.29 bits per heavy atom.